The fourth-order valence-corrected chi connectivity index (χ4v) is 4.71. The lowest BCUT2D eigenvalue weighted by Crippen LogP contribution is -2.11. The maximum Gasteiger partial charge on any atom is 0.269 e. The van der Waals surface area contributed by atoms with Crippen LogP contribution in [0.5, 0.6) is 11.5 Å². The Hall–Kier alpha value is -2.97. The molecule has 8 heteroatoms. The molecule has 0 bridgehead atoms. The van der Waals surface area contributed by atoms with E-state index in [1.807, 2.05) is 63.2 Å². The number of hydrogen-bond acceptors (Lipinski definition) is 7. The van der Waals surface area contributed by atoms with Gasteiger partial charge in [-0.3, -0.25) is 10.1 Å². The van der Waals surface area contributed by atoms with Crippen molar-refractivity contribution in [2.24, 2.45) is 0 Å². The number of carbonyl (C=O) groups is 1. The molecule has 0 saturated carbocycles. The standard InChI is InChI=1S/C22H21N3O3S2/c1-4-27-16-8-9-17-18(11-16)29-22(24-17)25-21(26)20-14(3)23-19(30-20)12-28-15-7-5-6-13(2)10-15/h5-11H,4,12H2,1-3H3,(H,24,25,26). The maximum absolute atomic E-state index is 12.8. The quantitative estimate of drug-likeness (QED) is 0.406. The molecule has 0 aliphatic rings. The highest BCUT2D eigenvalue weighted by atomic mass is 32.1. The Labute approximate surface area is 182 Å². The van der Waals surface area contributed by atoms with E-state index in [0.29, 0.717) is 28.9 Å². The lowest BCUT2D eigenvalue weighted by atomic mass is 10.2. The maximum atomic E-state index is 12.8. The number of hydrogen-bond donors (Lipinski definition) is 1. The molecular weight excluding hydrogens is 418 g/mol. The van der Waals surface area contributed by atoms with Crippen LogP contribution in [0.4, 0.5) is 5.13 Å². The van der Waals surface area contributed by atoms with Crippen LogP contribution in [0.3, 0.4) is 0 Å². The second-order valence-electron chi connectivity index (χ2n) is 6.66. The molecule has 2 heterocycles. The van der Waals surface area contributed by atoms with Crippen molar-refractivity contribution in [2.45, 2.75) is 27.4 Å². The monoisotopic (exact) mass is 439 g/mol. The molecule has 1 amide bonds. The number of carbonyl (C=O) groups excluding carboxylic acids is 1. The van der Waals surface area contributed by atoms with Crippen LogP contribution >= 0.6 is 22.7 Å². The number of rotatable bonds is 7. The third-order valence-electron chi connectivity index (χ3n) is 4.29. The van der Waals surface area contributed by atoms with E-state index in [9.17, 15) is 4.79 Å². The lowest BCUT2D eigenvalue weighted by Gasteiger charge is -2.04. The van der Waals surface area contributed by atoms with Crippen LogP contribution in [0, 0.1) is 13.8 Å². The highest BCUT2D eigenvalue weighted by Gasteiger charge is 2.17. The molecule has 6 nitrogen and oxygen atoms in total. The highest BCUT2D eigenvalue weighted by molar-refractivity contribution is 7.22. The van der Waals surface area contributed by atoms with Crippen molar-refractivity contribution in [2.75, 3.05) is 11.9 Å². The number of nitrogens with one attached hydrogen (secondary N) is 1. The summed E-state index contributed by atoms with van der Waals surface area (Å²) in [5, 5.41) is 4.20. The number of aryl methyl sites for hydroxylation is 2. The van der Waals surface area contributed by atoms with Gasteiger partial charge in [-0.2, -0.15) is 0 Å². The van der Waals surface area contributed by atoms with Crippen LogP contribution in [-0.2, 0) is 6.61 Å². The van der Waals surface area contributed by atoms with Crippen LogP contribution in [0.15, 0.2) is 42.5 Å². The first-order chi connectivity index (χ1) is 14.5. The zero-order valence-corrected chi connectivity index (χ0v) is 18.5. The van der Waals surface area contributed by atoms with Crippen molar-refractivity contribution in [1.29, 1.82) is 0 Å². The van der Waals surface area contributed by atoms with Gasteiger partial charge < -0.3 is 9.47 Å². The van der Waals surface area contributed by atoms with Gasteiger partial charge in [0.1, 0.15) is 28.0 Å². The van der Waals surface area contributed by atoms with Crippen LogP contribution in [0.1, 0.15) is 32.9 Å². The van der Waals surface area contributed by atoms with Crippen molar-refractivity contribution in [1.82, 2.24) is 9.97 Å². The Morgan fingerprint density at radius 2 is 1.87 bits per heavy atom. The van der Waals surface area contributed by atoms with E-state index in [2.05, 4.69) is 15.3 Å². The summed E-state index contributed by atoms with van der Waals surface area (Å²) < 4.78 is 12.3. The van der Waals surface area contributed by atoms with Gasteiger partial charge in [0.25, 0.3) is 5.91 Å². The summed E-state index contributed by atoms with van der Waals surface area (Å²) in [4.78, 5) is 22.3. The number of benzene rings is 2. The first-order valence-corrected chi connectivity index (χ1v) is 11.2. The third-order valence-corrected chi connectivity index (χ3v) is 6.35. The summed E-state index contributed by atoms with van der Waals surface area (Å²) in [7, 11) is 0. The number of aromatic nitrogens is 2. The molecule has 1 N–H and O–H groups in total. The van der Waals surface area contributed by atoms with Gasteiger partial charge in [0.05, 0.1) is 22.5 Å². The Balaban J connectivity index is 1.45. The molecule has 4 aromatic rings. The van der Waals surface area contributed by atoms with Gasteiger partial charge in [-0.25, -0.2) is 9.97 Å². The van der Waals surface area contributed by atoms with Crippen LogP contribution in [0.2, 0.25) is 0 Å². The first kappa shape index (κ1) is 20.3. The second kappa shape index (κ2) is 8.81. The number of fused-ring (bicyclic) bond motifs is 1. The van der Waals surface area contributed by atoms with E-state index >= 15 is 0 Å². The predicted molar refractivity (Wildman–Crippen MR) is 121 cm³/mol. The van der Waals surface area contributed by atoms with Crippen molar-refractivity contribution in [3.63, 3.8) is 0 Å². The first-order valence-electron chi connectivity index (χ1n) is 9.52. The van der Waals surface area contributed by atoms with E-state index in [-0.39, 0.29) is 5.91 Å². The molecule has 0 aliphatic carbocycles. The van der Waals surface area contributed by atoms with E-state index in [0.717, 1.165) is 32.3 Å². The number of thiazole rings is 2. The number of ether oxygens (including phenoxy) is 2. The summed E-state index contributed by atoms with van der Waals surface area (Å²) in [5.74, 6) is 1.37. The summed E-state index contributed by atoms with van der Waals surface area (Å²) in [6.45, 7) is 6.72. The van der Waals surface area contributed by atoms with Gasteiger partial charge in [0.15, 0.2) is 5.13 Å². The number of amides is 1. The molecule has 2 aromatic carbocycles. The summed E-state index contributed by atoms with van der Waals surface area (Å²) >= 11 is 2.75. The van der Waals surface area contributed by atoms with E-state index < -0.39 is 0 Å². The van der Waals surface area contributed by atoms with Crippen molar-refractivity contribution in [3.05, 3.63) is 63.6 Å². The molecule has 0 aliphatic heterocycles. The third kappa shape index (κ3) is 4.60. The highest BCUT2D eigenvalue weighted by Crippen LogP contribution is 2.30. The van der Waals surface area contributed by atoms with Crippen LogP contribution in [0.25, 0.3) is 10.2 Å². The Morgan fingerprint density at radius 1 is 1.03 bits per heavy atom. The molecule has 154 valence electrons. The summed E-state index contributed by atoms with van der Waals surface area (Å²) in [6, 6.07) is 13.6. The molecule has 0 unspecified atom stereocenters. The lowest BCUT2D eigenvalue weighted by molar-refractivity contribution is 0.103. The normalized spacial score (nSPS) is 10.9. The van der Waals surface area contributed by atoms with Gasteiger partial charge in [-0.15, -0.1) is 11.3 Å². The minimum Gasteiger partial charge on any atom is -0.494 e. The van der Waals surface area contributed by atoms with Crippen LogP contribution in [-0.4, -0.2) is 22.5 Å². The minimum absolute atomic E-state index is 0.212. The minimum atomic E-state index is -0.212. The van der Waals surface area contributed by atoms with E-state index in [1.165, 1.54) is 22.7 Å². The zero-order valence-electron chi connectivity index (χ0n) is 16.9. The molecule has 4 rings (SSSR count). The molecular formula is C22H21N3O3S2. The Morgan fingerprint density at radius 3 is 2.67 bits per heavy atom. The van der Waals surface area contributed by atoms with E-state index in [4.69, 9.17) is 9.47 Å². The molecule has 2 aromatic heterocycles. The molecule has 0 saturated heterocycles. The average Bonchev–Trinajstić information content (AvgIpc) is 3.29. The summed E-state index contributed by atoms with van der Waals surface area (Å²) in [5.41, 5.74) is 2.64. The van der Waals surface area contributed by atoms with Gasteiger partial charge >= 0.3 is 0 Å². The van der Waals surface area contributed by atoms with Crippen molar-refractivity contribution >= 4 is 43.9 Å². The van der Waals surface area contributed by atoms with Gasteiger partial charge in [0.2, 0.25) is 0 Å². The summed E-state index contributed by atoms with van der Waals surface area (Å²) in [6.07, 6.45) is 0. The van der Waals surface area contributed by atoms with Gasteiger partial charge in [-0.1, -0.05) is 23.5 Å². The fourth-order valence-electron chi connectivity index (χ4n) is 2.94. The molecule has 0 atom stereocenters. The molecule has 30 heavy (non-hydrogen) atoms. The van der Waals surface area contributed by atoms with Crippen LogP contribution < -0.4 is 14.8 Å². The number of anilines is 1. The predicted octanol–water partition coefficient (Wildman–Crippen LogP) is 5.60. The topological polar surface area (TPSA) is 73.3 Å². The average molecular weight is 440 g/mol. The molecule has 0 spiro atoms. The Kier molecular flexibility index (Phi) is 5.96. The number of nitrogens with zero attached hydrogens (tertiary/aromatic N) is 2. The zero-order chi connectivity index (χ0) is 21.1. The fraction of sp³-hybridized carbons (Fsp3) is 0.227. The smallest absolute Gasteiger partial charge is 0.269 e. The second-order valence-corrected chi connectivity index (χ2v) is 8.78. The van der Waals surface area contributed by atoms with Crippen molar-refractivity contribution < 1.29 is 14.3 Å². The van der Waals surface area contributed by atoms with Gasteiger partial charge in [-0.05, 0) is 56.7 Å². The Bertz CT molecular complexity index is 1200. The van der Waals surface area contributed by atoms with E-state index in [1.54, 1.807) is 0 Å². The largest absolute Gasteiger partial charge is 0.494 e. The molecule has 0 fully saturated rings. The molecule has 0 radical (unpaired) electrons. The van der Waals surface area contributed by atoms with Gasteiger partial charge in [0, 0.05) is 0 Å². The van der Waals surface area contributed by atoms with Crippen molar-refractivity contribution in [3.8, 4) is 11.5 Å². The SMILES string of the molecule is CCOc1ccc2nc(NC(=O)c3sc(COc4cccc(C)c4)nc3C)sc2c1.